The summed E-state index contributed by atoms with van der Waals surface area (Å²) in [4.78, 5) is 26.4. The zero-order chi connectivity index (χ0) is 17.8. The SMILES string of the molecule is CN1C(=O)CC(C(=O)NCCc2ccc(F)cc2)C1c1ccccc1. The second-order valence-electron chi connectivity index (χ2n) is 6.34. The van der Waals surface area contributed by atoms with Crippen molar-refractivity contribution in [3.63, 3.8) is 0 Å². The number of rotatable bonds is 5. The smallest absolute Gasteiger partial charge is 0.226 e. The van der Waals surface area contributed by atoms with Gasteiger partial charge in [-0.25, -0.2) is 4.39 Å². The molecule has 2 amide bonds. The fourth-order valence-electron chi connectivity index (χ4n) is 3.32. The maximum atomic E-state index is 12.9. The summed E-state index contributed by atoms with van der Waals surface area (Å²) >= 11 is 0. The molecule has 0 aliphatic carbocycles. The molecule has 0 bridgehead atoms. The monoisotopic (exact) mass is 340 g/mol. The Hall–Kier alpha value is -2.69. The molecule has 3 rings (SSSR count). The highest BCUT2D eigenvalue weighted by atomic mass is 19.1. The van der Waals surface area contributed by atoms with Crippen molar-refractivity contribution in [1.82, 2.24) is 10.2 Å². The highest BCUT2D eigenvalue weighted by Gasteiger charge is 2.42. The number of nitrogens with one attached hydrogen (secondary N) is 1. The first-order valence-corrected chi connectivity index (χ1v) is 8.39. The van der Waals surface area contributed by atoms with Gasteiger partial charge in [-0.15, -0.1) is 0 Å². The number of benzene rings is 2. The van der Waals surface area contributed by atoms with Gasteiger partial charge >= 0.3 is 0 Å². The molecule has 4 nitrogen and oxygen atoms in total. The van der Waals surface area contributed by atoms with E-state index in [1.54, 1.807) is 24.1 Å². The third kappa shape index (κ3) is 3.87. The minimum Gasteiger partial charge on any atom is -0.355 e. The van der Waals surface area contributed by atoms with Gasteiger partial charge in [0.05, 0.1) is 12.0 Å². The molecule has 2 unspecified atom stereocenters. The predicted molar refractivity (Wildman–Crippen MR) is 93.2 cm³/mol. The number of carbonyl (C=O) groups is 2. The number of halogens is 1. The topological polar surface area (TPSA) is 49.4 Å². The predicted octanol–water partition coefficient (Wildman–Crippen LogP) is 2.70. The summed E-state index contributed by atoms with van der Waals surface area (Å²) in [5.74, 6) is -0.805. The van der Waals surface area contributed by atoms with Crippen molar-refractivity contribution in [2.24, 2.45) is 5.92 Å². The van der Waals surface area contributed by atoms with Crippen LogP contribution in [-0.2, 0) is 16.0 Å². The summed E-state index contributed by atoms with van der Waals surface area (Å²) in [5.41, 5.74) is 1.93. The summed E-state index contributed by atoms with van der Waals surface area (Å²) in [7, 11) is 1.74. The molecule has 1 aliphatic rings. The van der Waals surface area contributed by atoms with Crippen LogP contribution in [0.15, 0.2) is 54.6 Å². The molecular formula is C20H21FN2O2. The van der Waals surface area contributed by atoms with E-state index < -0.39 is 5.92 Å². The van der Waals surface area contributed by atoms with Crippen LogP contribution in [0.2, 0.25) is 0 Å². The Morgan fingerprint density at radius 1 is 1.16 bits per heavy atom. The van der Waals surface area contributed by atoms with Crippen LogP contribution in [0.4, 0.5) is 4.39 Å². The van der Waals surface area contributed by atoms with E-state index in [2.05, 4.69) is 5.32 Å². The Labute approximate surface area is 146 Å². The second-order valence-corrected chi connectivity index (χ2v) is 6.34. The summed E-state index contributed by atoms with van der Waals surface area (Å²) in [6, 6.07) is 15.6. The van der Waals surface area contributed by atoms with Crippen LogP contribution in [0.3, 0.4) is 0 Å². The Bertz CT molecular complexity index is 746. The highest BCUT2D eigenvalue weighted by molar-refractivity contribution is 5.90. The fourth-order valence-corrected chi connectivity index (χ4v) is 3.32. The average Bonchev–Trinajstić information content (AvgIpc) is 2.92. The Balaban J connectivity index is 1.63. The molecule has 5 heteroatoms. The average molecular weight is 340 g/mol. The zero-order valence-corrected chi connectivity index (χ0v) is 14.1. The molecule has 1 N–H and O–H groups in total. The Morgan fingerprint density at radius 2 is 1.84 bits per heavy atom. The summed E-state index contributed by atoms with van der Waals surface area (Å²) in [6.07, 6.45) is 0.844. The van der Waals surface area contributed by atoms with Crippen LogP contribution in [0.5, 0.6) is 0 Å². The normalized spacial score (nSPS) is 19.9. The van der Waals surface area contributed by atoms with Crippen molar-refractivity contribution in [3.8, 4) is 0 Å². The Kier molecular flexibility index (Phi) is 5.12. The Morgan fingerprint density at radius 3 is 2.52 bits per heavy atom. The zero-order valence-electron chi connectivity index (χ0n) is 14.1. The molecule has 25 heavy (non-hydrogen) atoms. The van der Waals surface area contributed by atoms with E-state index >= 15 is 0 Å². The van der Waals surface area contributed by atoms with Crippen LogP contribution < -0.4 is 5.32 Å². The molecule has 1 saturated heterocycles. The van der Waals surface area contributed by atoms with Crippen LogP contribution in [0.25, 0.3) is 0 Å². The lowest BCUT2D eigenvalue weighted by Crippen LogP contribution is -2.35. The lowest BCUT2D eigenvalue weighted by molar-refractivity contribution is -0.128. The van der Waals surface area contributed by atoms with Crippen molar-refractivity contribution in [2.75, 3.05) is 13.6 Å². The fraction of sp³-hybridized carbons (Fsp3) is 0.300. The van der Waals surface area contributed by atoms with Crippen molar-refractivity contribution in [2.45, 2.75) is 18.9 Å². The molecule has 0 spiro atoms. The van der Waals surface area contributed by atoms with Crippen LogP contribution in [-0.4, -0.2) is 30.3 Å². The molecule has 1 fully saturated rings. The van der Waals surface area contributed by atoms with E-state index in [1.807, 2.05) is 30.3 Å². The summed E-state index contributed by atoms with van der Waals surface area (Å²) < 4.78 is 12.9. The third-order valence-corrected chi connectivity index (χ3v) is 4.69. The molecule has 2 aromatic rings. The molecule has 1 heterocycles. The van der Waals surface area contributed by atoms with Crippen LogP contribution >= 0.6 is 0 Å². The van der Waals surface area contributed by atoms with Gasteiger partial charge in [-0.2, -0.15) is 0 Å². The summed E-state index contributed by atoms with van der Waals surface area (Å²) in [6.45, 7) is 0.459. The van der Waals surface area contributed by atoms with Gasteiger partial charge in [0.1, 0.15) is 5.82 Å². The molecule has 0 radical (unpaired) electrons. The van der Waals surface area contributed by atoms with Crippen molar-refractivity contribution < 1.29 is 14.0 Å². The van der Waals surface area contributed by atoms with Gasteiger partial charge in [0.2, 0.25) is 11.8 Å². The van der Waals surface area contributed by atoms with Gasteiger partial charge < -0.3 is 10.2 Å². The first kappa shape index (κ1) is 17.1. The highest BCUT2D eigenvalue weighted by Crippen LogP contribution is 2.36. The van der Waals surface area contributed by atoms with Crippen molar-refractivity contribution in [3.05, 3.63) is 71.5 Å². The first-order valence-electron chi connectivity index (χ1n) is 8.39. The molecule has 0 saturated carbocycles. The molecule has 1 aliphatic heterocycles. The van der Waals surface area contributed by atoms with Gasteiger partial charge in [0, 0.05) is 20.0 Å². The van der Waals surface area contributed by atoms with Crippen molar-refractivity contribution >= 4 is 11.8 Å². The largest absolute Gasteiger partial charge is 0.355 e. The molecule has 130 valence electrons. The van der Waals surface area contributed by atoms with Gasteiger partial charge in [-0.3, -0.25) is 9.59 Å². The number of likely N-dealkylation sites (tertiary alicyclic amines) is 1. The number of hydrogen-bond acceptors (Lipinski definition) is 2. The lowest BCUT2D eigenvalue weighted by Gasteiger charge is -2.24. The minimum absolute atomic E-state index is 0.0208. The first-order chi connectivity index (χ1) is 12.1. The van der Waals surface area contributed by atoms with Gasteiger partial charge in [0.15, 0.2) is 0 Å². The number of hydrogen-bond donors (Lipinski definition) is 1. The second kappa shape index (κ2) is 7.47. The van der Waals surface area contributed by atoms with E-state index in [9.17, 15) is 14.0 Å². The van der Waals surface area contributed by atoms with E-state index in [1.165, 1.54) is 12.1 Å². The molecule has 2 aromatic carbocycles. The van der Waals surface area contributed by atoms with Gasteiger partial charge in [-0.05, 0) is 29.7 Å². The quantitative estimate of drug-likeness (QED) is 0.910. The maximum Gasteiger partial charge on any atom is 0.226 e. The summed E-state index contributed by atoms with van der Waals surface area (Å²) in [5, 5.41) is 2.92. The van der Waals surface area contributed by atoms with Gasteiger partial charge in [0.25, 0.3) is 0 Å². The number of carbonyl (C=O) groups excluding carboxylic acids is 2. The maximum absolute atomic E-state index is 12.9. The number of nitrogens with zero attached hydrogens (tertiary/aromatic N) is 1. The van der Waals surface area contributed by atoms with Gasteiger partial charge in [-0.1, -0.05) is 42.5 Å². The van der Waals surface area contributed by atoms with Crippen molar-refractivity contribution in [1.29, 1.82) is 0 Å². The van der Waals surface area contributed by atoms with E-state index in [0.717, 1.165) is 11.1 Å². The molecule has 2 atom stereocenters. The van der Waals surface area contributed by atoms with Crippen LogP contribution in [0.1, 0.15) is 23.6 Å². The van der Waals surface area contributed by atoms with E-state index in [-0.39, 0.29) is 30.1 Å². The molecule has 0 aromatic heterocycles. The van der Waals surface area contributed by atoms with Crippen LogP contribution in [0, 0.1) is 11.7 Å². The third-order valence-electron chi connectivity index (χ3n) is 4.69. The van der Waals surface area contributed by atoms with E-state index in [4.69, 9.17) is 0 Å². The lowest BCUT2D eigenvalue weighted by atomic mass is 9.93. The minimum atomic E-state index is -0.395. The van der Waals surface area contributed by atoms with E-state index in [0.29, 0.717) is 13.0 Å². The number of amides is 2. The molecular weight excluding hydrogens is 319 g/mol. The standard InChI is InChI=1S/C20H21FN2O2/c1-23-18(24)13-17(19(23)15-5-3-2-4-6-15)20(25)22-12-11-14-7-9-16(21)10-8-14/h2-10,17,19H,11-13H2,1H3,(H,22,25).